The maximum absolute atomic E-state index is 12.2. The Kier molecular flexibility index (Phi) is 4.01. The van der Waals surface area contributed by atoms with Crippen molar-refractivity contribution in [3.8, 4) is 5.75 Å². The van der Waals surface area contributed by atoms with Crippen LogP contribution in [0.1, 0.15) is 35.3 Å². The smallest absolute Gasteiger partial charge is 0.251 e. The Morgan fingerprint density at radius 3 is 2.54 bits per heavy atom. The van der Waals surface area contributed by atoms with E-state index in [1.807, 2.05) is 32.0 Å². The second kappa shape index (κ2) is 6.00. The van der Waals surface area contributed by atoms with Crippen LogP contribution in [0.3, 0.4) is 0 Å². The molecule has 1 aliphatic heterocycles. The standard InChI is InChI=1S/C19H20N2O3/c1-19(2)15-10-12(4-9-16(15)21-18(19)23)11-20-17(22)13-5-7-14(24-3)8-6-13/h4-10H,11H2,1-3H3,(H,20,22)(H,21,23). The zero-order chi connectivity index (χ0) is 17.3. The summed E-state index contributed by atoms with van der Waals surface area (Å²) < 4.78 is 5.08. The summed E-state index contributed by atoms with van der Waals surface area (Å²) >= 11 is 0. The highest BCUT2D eigenvalue weighted by Gasteiger charge is 2.38. The van der Waals surface area contributed by atoms with Gasteiger partial charge >= 0.3 is 0 Å². The van der Waals surface area contributed by atoms with Crippen LogP contribution < -0.4 is 15.4 Å². The number of nitrogens with one attached hydrogen (secondary N) is 2. The van der Waals surface area contributed by atoms with Crippen LogP contribution in [0.15, 0.2) is 42.5 Å². The lowest BCUT2D eigenvalue weighted by Crippen LogP contribution is -2.27. The van der Waals surface area contributed by atoms with E-state index in [4.69, 9.17) is 4.74 Å². The van der Waals surface area contributed by atoms with E-state index in [0.29, 0.717) is 17.9 Å². The zero-order valence-electron chi connectivity index (χ0n) is 14.0. The number of rotatable bonds is 4. The van der Waals surface area contributed by atoms with Crippen LogP contribution in [-0.2, 0) is 16.8 Å². The van der Waals surface area contributed by atoms with Crippen LogP contribution in [0.4, 0.5) is 5.69 Å². The molecule has 24 heavy (non-hydrogen) atoms. The van der Waals surface area contributed by atoms with Gasteiger partial charge in [-0.05, 0) is 55.3 Å². The van der Waals surface area contributed by atoms with Gasteiger partial charge in [0, 0.05) is 17.8 Å². The zero-order valence-corrected chi connectivity index (χ0v) is 14.0. The van der Waals surface area contributed by atoms with Gasteiger partial charge in [0.2, 0.25) is 5.91 Å². The van der Waals surface area contributed by atoms with Gasteiger partial charge in [0.05, 0.1) is 12.5 Å². The number of amides is 2. The molecule has 124 valence electrons. The molecule has 1 heterocycles. The van der Waals surface area contributed by atoms with Crippen molar-refractivity contribution >= 4 is 17.5 Å². The maximum atomic E-state index is 12.2. The molecular weight excluding hydrogens is 304 g/mol. The van der Waals surface area contributed by atoms with Gasteiger partial charge in [0.15, 0.2) is 0 Å². The third kappa shape index (κ3) is 2.85. The molecule has 0 aliphatic carbocycles. The first-order chi connectivity index (χ1) is 11.4. The molecule has 3 rings (SSSR count). The Bertz CT molecular complexity index is 795. The highest BCUT2D eigenvalue weighted by atomic mass is 16.5. The van der Waals surface area contributed by atoms with E-state index in [9.17, 15) is 9.59 Å². The lowest BCUT2D eigenvalue weighted by molar-refractivity contribution is -0.119. The lowest BCUT2D eigenvalue weighted by Gasteiger charge is -2.16. The molecule has 0 saturated heterocycles. The molecule has 5 heteroatoms. The van der Waals surface area contributed by atoms with E-state index in [1.165, 1.54) is 0 Å². The summed E-state index contributed by atoms with van der Waals surface area (Å²) in [5.41, 5.74) is 2.79. The molecule has 0 spiro atoms. The van der Waals surface area contributed by atoms with Gasteiger partial charge in [0.1, 0.15) is 5.75 Å². The molecule has 0 aromatic heterocycles. The summed E-state index contributed by atoms with van der Waals surface area (Å²) in [4.78, 5) is 24.2. The number of anilines is 1. The van der Waals surface area contributed by atoms with Crippen molar-refractivity contribution in [1.29, 1.82) is 0 Å². The average Bonchev–Trinajstić information content (AvgIpc) is 2.82. The fraction of sp³-hybridized carbons (Fsp3) is 0.263. The normalized spacial score (nSPS) is 14.7. The Morgan fingerprint density at radius 2 is 1.88 bits per heavy atom. The van der Waals surface area contributed by atoms with E-state index < -0.39 is 5.41 Å². The van der Waals surface area contributed by atoms with Gasteiger partial charge in [-0.3, -0.25) is 9.59 Å². The number of hydrogen-bond donors (Lipinski definition) is 2. The summed E-state index contributed by atoms with van der Waals surface area (Å²) in [6, 6.07) is 12.7. The third-order valence-corrected chi connectivity index (χ3v) is 4.38. The number of fused-ring (bicyclic) bond motifs is 1. The minimum atomic E-state index is -0.550. The maximum Gasteiger partial charge on any atom is 0.251 e. The highest BCUT2D eigenvalue weighted by Crippen LogP contribution is 2.37. The fourth-order valence-electron chi connectivity index (χ4n) is 2.76. The van der Waals surface area contributed by atoms with Crippen LogP contribution in [0, 0.1) is 0 Å². The van der Waals surface area contributed by atoms with Gasteiger partial charge in [-0.25, -0.2) is 0 Å². The minimum absolute atomic E-state index is 0.00285. The van der Waals surface area contributed by atoms with Crippen molar-refractivity contribution in [3.63, 3.8) is 0 Å². The number of carbonyl (C=O) groups is 2. The Balaban J connectivity index is 1.70. The Hall–Kier alpha value is -2.82. The van der Waals surface area contributed by atoms with Gasteiger partial charge in [-0.1, -0.05) is 12.1 Å². The number of hydrogen-bond acceptors (Lipinski definition) is 3. The average molecular weight is 324 g/mol. The highest BCUT2D eigenvalue weighted by molar-refractivity contribution is 6.05. The summed E-state index contributed by atoms with van der Waals surface area (Å²) in [6.45, 7) is 4.20. The molecular formula is C19H20N2O3. The SMILES string of the molecule is COc1ccc(C(=O)NCc2ccc3c(c2)C(C)(C)C(=O)N3)cc1. The van der Waals surface area contributed by atoms with E-state index in [-0.39, 0.29) is 11.8 Å². The number of carbonyl (C=O) groups excluding carboxylic acids is 2. The van der Waals surface area contributed by atoms with Gasteiger partial charge in [-0.2, -0.15) is 0 Å². The molecule has 5 nitrogen and oxygen atoms in total. The second-order valence-corrected chi connectivity index (χ2v) is 6.37. The van der Waals surface area contributed by atoms with Crippen LogP contribution in [0.25, 0.3) is 0 Å². The first-order valence-corrected chi connectivity index (χ1v) is 7.79. The molecule has 2 N–H and O–H groups in total. The molecule has 2 aromatic carbocycles. The molecule has 0 radical (unpaired) electrons. The van der Waals surface area contributed by atoms with E-state index >= 15 is 0 Å². The molecule has 0 unspecified atom stereocenters. The van der Waals surface area contributed by atoms with Crippen LogP contribution >= 0.6 is 0 Å². The van der Waals surface area contributed by atoms with Crippen molar-refractivity contribution in [1.82, 2.24) is 5.32 Å². The largest absolute Gasteiger partial charge is 0.497 e. The lowest BCUT2D eigenvalue weighted by atomic mass is 9.85. The van der Waals surface area contributed by atoms with Gasteiger partial charge in [-0.15, -0.1) is 0 Å². The number of benzene rings is 2. The molecule has 2 aromatic rings. The summed E-state index contributed by atoms with van der Waals surface area (Å²) in [5.74, 6) is 0.563. The predicted molar refractivity (Wildman–Crippen MR) is 92.3 cm³/mol. The first-order valence-electron chi connectivity index (χ1n) is 7.79. The summed E-state index contributed by atoms with van der Waals surface area (Å²) in [6.07, 6.45) is 0. The van der Waals surface area contributed by atoms with Crippen molar-refractivity contribution in [2.24, 2.45) is 0 Å². The van der Waals surface area contributed by atoms with Crippen LogP contribution in [-0.4, -0.2) is 18.9 Å². The molecule has 1 aliphatic rings. The Labute approximate surface area is 141 Å². The van der Waals surface area contributed by atoms with E-state index in [0.717, 1.165) is 16.8 Å². The van der Waals surface area contributed by atoms with Crippen molar-refractivity contribution in [2.45, 2.75) is 25.8 Å². The van der Waals surface area contributed by atoms with Gasteiger partial charge in [0.25, 0.3) is 5.91 Å². The summed E-state index contributed by atoms with van der Waals surface area (Å²) in [5, 5.41) is 5.78. The monoisotopic (exact) mass is 324 g/mol. The number of ether oxygens (including phenoxy) is 1. The number of methoxy groups -OCH3 is 1. The quantitative estimate of drug-likeness (QED) is 0.909. The Morgan fingerprint density at radius 1 is 1.17 bits per heavy atom. The van der Waals surface area contributed by atoms with Gasteiger partial charge < -0.3 is 15.4 Å². The van der Waals surface area contributed by atoms with E-state index in [1.54, 1.807) is 31.4 Å². The predicted octanol–water partition coefficient (Wildman–Crippen LogP) is 2.85. The van der Waals surface area contributed by atoms with Crippen molar-refractivity contribution in [2.75, 3.05) is 12.4 Å². The van der Waals surface area contributed by atoms with Crippen LogP contribution in [0.2, 0.25) is 0 Å². The second-order valence-electron chi connectivity index (χ2n) is 6.37. The minimum Gasteiger partial charge on any atom is -0.497 e. The summed E-state index contributed by atoms with van der Waals surface area (Å²) in [7, 11) is 1.59. The molecule has 2 amide bonds. The van der Waals surface area contributed by atoms with E-state index in [2.05, 4.69) is 10.6 Å². The van der Waals surface area contributed by atoms with Crippen LogP contribution in [0.5, 0.6) is 5.75 Å². The molecule has 0 saturated carbocycles. The molecule has 0 fully saturated rings. The van der Waals surface area contributed by atoms with Crippen molar-refractivity contribution in [3.05, 3.63) is 59.2 Å². The fourth-order valence-corrected chi connectivity index (χ4v) is 2.76. The first kappa shape index (κ1) is 16.1. The molecule has 0 bridgehead atoms. The van der Waals surface area contributed by atoms with Crippen molar-refractivity contribution < 1.29 is 14.3 Å². The third-order valence-electron chi connectivity index (χ3n) is 4.38. The topological polar surface area (TPSA) is 67.4 Å². The molecule has 0 atom stereocenters.